The van der Waals surface area contributed by atoms with Crippen LogP contribution in [0.25, 0.3) is 0 Å². The summed E-state index contributed by atoms with van der Waals surface area (Å²) in [5, 5.41) is 9.46. The van der Waals surface area contributed by atoms with Crippen LogP contribution in [0.4, 0.5) is 11.6 Å². The highest BCUT2D eigenvalue weighted by Crippen LogP contribution is 2.25. The van der Waals surface area contributed by atoms with E-state index in [-0.39, 0.29) is 0 Å². The van der Waals surface area contributed by atoms with E-state index in [0.717, 1.165) is 39.8 Å². The van der Waals surface area contributed by atoms with E-state index in [0.29, 0.717) is 0 Å². The third-order valence-corrected chi connectivity index (χ3v) is 3.94. The second-order valence-electron chi connectivity index (χ2n) is 3.67. The Kier molecular flexibility index (Phi) is 4.48. The van der Waals surface area contributed by atoms with Crippen LogP contribution in [0.3, 0.4) is 0 Å². The Balaban J connectivity index is 1.94. The summed E-state index contributed by atoms with van der Waals surface area (Å²) in [4.78, 5) is 12.7. The molecule has 0 aliphatic heterocycles. The van der Waals surface area contributed by atoms with Gasteiger partial charge in [0.25, 0.3) is 0 Å². The van der Waals surface area contributed by atoms with Crippen LogP contribution >= 0.6 is 27.3 Å². The highest BCUT2D eigenvalue weighted by Gasteiger charge is 2.06. The molecule has 0 radical (unpaired) electrons. The summed E-state index contributed by atoms with van der Waals surface area (Å²) in [5.74, 6) is 1.57. The van der Waals surface area contributed by atoms with E-state index >= 15 is 0 Å². The largest absolute Gasteiger partial charge is 0.372 e. The lowest BCUT2D eigenvalue weighted by molar-refractivity contribution is 0.955. The topological polar surface area (TPSA) is 62.7 Å². The third-order valence-electron chi connectivity index (χ3n) is 2.37. The molecule has 2 N–H and O–H groups in total. The molecule has 0 aromatic carbocycles. The first kappa shape index (κ1) is 13.2. The van der Waals surface area contributed by atoms with E-state index in [1.54, 1.807) is 11.3 Å². The van der Waals surface area contributed by atoms with Crippen molar-refractivity contribution in [2.75, 3.05) is 24.2 Å². The van der Waals surface area contributed by atoms with Crippen LogP contribution in [0.5, 0.6) is 0 Å². The maximum Gasteiger partial charge on any atom is 0.145 e. The molecule has 0 amide bonds. The van der Waals surface area contributed by atoms with Gasteiger partial charge < -0.3 is 10.6 Å². The molecule has 0 aliphatic carbocycles. The monoisotopic (exact) mass is 327 g/mol. The van der Waals surface area contributed by atoms with Crippen LogP contribution < -0.4 is 10.6 Å². The van der Waals surface area contributed by atoms with Gasteiger partial charge in [-0.25, -0.2) is 15.0 Å². The van der Waals surface area contributed by atoms with E-state index in [1.165, 1.54) is 6.33 Å². The molecule has 0 saturated carbocycles. The Morgan fingerprint density at radius 1 is 1.33 bits per heavy atom. The van der Waals surface area contributed by atoms with Gasteiger partial charge in [0.15, 0.2) is 0 Å². The Morgan fingerprint density at radius 2 is 2.11 bits per heavy atom. The van der Waals surface area contributed by atoms with E-state index in [4.69, 9.17) is 0 Å². The van der Waals surface area contributed by atoms with E-state index < -0.39 is 0 Å². The van der Waals surface area contributed by atoms with Crippen LogP contribution in [0, 0.1) is 6.92 Å². The summed E-state index contributed by atoms with van der Waals surface area (Å²) in [5.41, 5.74) is 1.11. The molecule has 0 fully saturated rings. The van der Waals surface area contributed by atoms with E-state index in [2.05, 4.69) is 46.9 Å². The van der Waals surface area contributed by atoms with Crippen molar-refractivity contribution >= 4 is 38.9 Å². The fourth-order valence-electron chi connectivity index (χ4n) is 1.50. The Bertz CT molecular complexity index is 528. The highest BCUT2D eigenvalue weighted by molar-refractivity contribution is 9.10. The van der Waals surface area contributed by atoms with Crippen molar-refractivity contribution in [3.05, 3.63) is 26.9 Å². The van der Waals surface area contributed by atoms with Crippen molar-refractivity contribution in [1.82, 2.24) is 15.0 Å². The van der Waals surface area contributed by atoms with Gasteiger partial charge >= 0.3 is 0 Å². The van der Waals surface area contributed by atoms with Gasteiger partial charge in [0.2, 0.25) is 0 Å². The Labute approximate surface area is 118 Å². The summed E-state index contributed by atoms with van der Waals surface area (Å²) in [7, 11) is 1.83. The lowest BCUT2D eigenvalue weighted by Crippen LogP contribution is -2.08. The molecule has 2 aromatic heterocycles. The van der Waals surface area contributed by atoms with Gasteiger partial charge in [0.1, 0.15) is 22.4 Å². The number of hydrogen-bond donors (Lipinski definition) is 2. The second kappa shape index (κ2) is 6.10. The minimum atomic E-state index is 0.775. The normalized spacial score (nSPS) is 10.4. The van der Waals surface area contributed by atoms with Crippen molar-refractivity contribution in [1.29, 1.82) is 0 Å². The van der Waals surface area contributed by atoms with Crippen LogP contribution in [0.2, 0.25) is 0 Å². The number of hydrogen-bond acceptors (Lipinski definition) is 6. The van der Waals surface area contributed by atoms with Gasteiger partial charge in [-0.15, -0.1) is 11.3 Å². The van der Waals surface area contributed by atoms with Gasteiger partial charge in [-0.3, -0.25) is 0 Å². The van der Waals surface area contributed by atoms with E-state index in [9.17, 15) is 0 Å². The molecule has 2 aromatic rings. The minimum absolute atomic E-state index is 0.775. The standard InChI is InChI=1S/C11H14BrN5S/c1-7-17-8(5-18-7)3-4-14-11-9(12)10(13-2)15-6-16-11/h5-6H,3-4H2,1-2H3,(H2,13,14,15,16). The van der Waals surface area contributed by atoms with E-state index in [1.807, 2.05) is 14.0 Å². The zero-order valence-corrected chi connectivity index (χ0v) is 12.6. The molecule has 0 saturated heterocycles. The molecular weight excluding hydrogens is 314 g/mol. The molecule has 0 bridgehead atoms. The molecule has 0 unspecified atom stereocenters. The average Bonchev–Trinajstić information content (AvgIpc) is 2.77. The maximum atomic E-state index is 4.42. The molecule has 96 valence electrons. The lowest BCUT2D eigenvalue weighted by Gasteiger charge is -2.09. The summed E-state index contributed by atoms with van der Waals surface area (Å²) in [6.45, 7) is 2.81. The fraction of sp³-hybridized carbons (Fsp3) is 0.364. The number of nitrogens with zero attached hydrogens (tertiary/aromatic N) is 3. The SMILES string of the molecule is CNc1ncnc(NCCc2csc(C)n2)c1Br. The van der Waals surface area contributed by atoms with Gasteiger partial charge in [0, 0.05) is 25.4 Å². The van der Waals surface area contributed by atoms with Crippen molar-refractivity contribution in [3.63, 3.8) is 0 Å². The lowest BCUT2D eigenvalue weighted by atomic mass is 10.3. The summed E-state index contributed by atoms with van der Waals surface area (Å²) >= 11 is 5.14. The summed E-state index contributed by atoms with van der Waals surface area (Å²) < 4.78 is 0.849. The third kappa shape index (κ3) is 3.17. The fourth-order valence-corrected chi connectivity index (χ4v) is 2.69. The number of halogens is 1. The first-order chi connectivity index (χ1) is 8.70. The van der Waals surface area contributed by atoms with Crippen LogP contribution in [0.15, 0.2) is 16.2 Å². The maximum absolute atomic E-state index is 4.42. The Hall–Kier alpha value is -1.21. The van der Waals surface area contributed by atoms with Crippen molar-refractivity contribution in [3.8, 4) is 0 Å². The molecule has 2 rings (SSSR count). The number of nitrogens with one attached hydrogen (secondary N) is 2. The predicted octanol–water partition coefficient (Wildman–Crippen LogP) is 2.70. The molecule has 2 heterocycles. The summed E-state index contributed by atoms with van der Waals surface area (Å²) in [6, 6.07) is 0. The van der Waals surface area contributed by atoms with Crippen molar-refractivity contribution < 1.29 is 0 Å². The van der Waals surface area contributed by atoms with Crippen LogP contribution in [0.1, 0.15) is 10.7 Å². The molecule has 5 nitrogen and oxygen atoms in total. The van der Waals surface area contributed by atoms with Crippen molar-refractivity contribution in [2.24, 2.45) is 0 Å². The minimum Gasteiger partial charge on any atom is -0.372 e. The van der Waals surface area contributed by atoms with Gasteiger partial charge in [0.05, 0.1) is 10.7 Å². The summed E-state index contributed by atoms with van der Waals surface area (Å²) in [6.07, 6.45) is 2.42. The number of rotatable bonds is 5. The quantitative estimate of drug-likeness (QED) is 0.884. The number of thiazole rings is 1. The van der Waals surface area contributed by atoms with Crippen LogP contribution in [-0.2, 0) is 6.42 Å². The van der Waals surface area contributed by atoms with Gasteiger partial charge in [-0.2, -0.15) is 0 Å². The molecule has 0 aliphatic rings. The van der Waals surface area contributed by atoms with Crippen LogP contribution in [-0.4, -0.2) is 28.5 Å². The first-order valence-corrected chi connectivity index (χ1v) is 7.21. The molecule has 0 spiro atoms. The van der Waals surface area contributed by atoms with Crippen molar-refractivity contribution in [2.45, 2.75) is 13.3 Å². The predicted molar refractivity (Wildman–Crippen MR) is 78.3 cm³/mol. The molecular formula is C11H14BrN5S. The first-order valence-electron chi connectivity index (χ1n) is 5.54. The molecule has 7 heteroatoms. The van der Waals surface area contributed by atoms with Gasteiger partial charge in [-0.05, 0) is 22.9 Å². The molecule has 0 atom stereocenters. The molecule has 18 heavy (non-hydrogen) atoms. The smallest absolute Gasteiger partial charge is 0.145 e. The highest BCUT2D eigenvalue weighted by atomic mass is 79.9. The average molecular weight is 328 g/mol. The zero-order chi connectivity index (χ0) is 13.0. The number of aromatic nitrogens is 3. The number of anilines is 2. The number of aryl methyl sites for hydroxylation is 1. The Morgan fingerprint density at radius 3 is 2.78 bits per heavy atom. The zero-order valence-electron chi connectivity index (χ0n) is 10.2. The van der Waals surface area contributed by atoms with Gasteiger partial charge in [-0.1, -0.05) is 0 Å². The second-order valence-corrected chi connectivity index (χ2v) is 5.52.